The number of nitrogens with zero attached hydrogens (tertiary/aromatic N) is 3. The molecule has 0 saturated heterocycles. The molecule has 0 fully saturated rings. The maximum atomic E-state index is 8.41. The number of halogens is 2. The van der Waals surface area contributed by atoms with E-state index in [0.717, 1.165) is 0 Å². The van der Waals surface area contributed by atoms with Crippen molar-refractivity contribution < 1.29 is 0 Å². The maximum Gasteiger partial charge on any atom is 0.172 e. The zero-order valence-electron chi connectivity index (χ0n) is 4.67. The van der Waals surface area contributed by atoms with Crippen LogP contribution in [0.1, 0.15) is 5.69 Å². The van der Waals surface area contributed by atoms with Crippen LogP contribution in [0.25, 0.3) is 0 Å². The average molecular weight is 265 g/mol. The van der Waals surface area contributed by atoms with Crippen LogP contribution in [-0.2, 0) is 0 Å². The van der Waals surface area contributed by atoms with E-state index in [1.54, 1.807) is 0 Å². The molecule has 3 nitrogen and oxygen atoms in total. The van der Waals surface area contributed by atoms with Gasteiger partial charge in [-0.05, 0) is 22.6 Å². The molecule has 0 bridgehead atoms. The molecule has 0 N–H and O–H groups in total. The van der Waals surface area contributed by atoms with E-state index in [-0.39, 0.29) is 0 Å². The number of hydrogen-bond acceptors (Lipinski definition) is 3. The van der Waals surface area contributed by atoms with Crippen molar-refractivity contribution in [3.8, 4) is 6.07 Å². The van der Waals surface area contributed by atoms with Crippen LogP contribution in [0.4, 0.5) is 0 Å². The summed E-state index contributed by atoms with van der Waals surface area (Å²) in [4.78, 5) is 7.54. The van der Waals surface area contributed by atoms with E-state index in [9.17, 15) is 0 Å². The first-order valence-electron chi connectivity index (χ1n) is 2.32. The van der Waals surface area contributed by atoms with E-state index in [1.807, 2.05) is 28.7 Å². The number of hydrogen-bond donors (Lipinski definition) is 0. The zero-order valence-corrected chi connectivity index (χ0v) is 7.59. The summed E-state index contributed by atoms with van der Waals surface area (Å²) >= 11 is 7.39. The fourth-order valence-corrected chi connectivity index (χ4v) is 1.22. The van der Waals surface area contributed by atoms with Crippen molar-refractivity contribution in [2.24, 2.45) is 0 Å². The van der Waals surface area contributed by atoms with E-state index < -0.39 is 0 Å². The molecule has 10 heavy (non-hydrogen) atoms. The summed E-state index contributed by atoms with van der Waals surface area (Å²) in [6, 6.07) is 1.88. The van der Waals surface area contributed by atoms with Gasteiger partial charge in [-0.1, -0.05) is 11.6 Å². The molecule has 0 amide bonds. The second-order valence-electron chi connectivity index (χ2n) is 1.44. The van der Waals surface area contributed by atoms with Crippen molar-refractivity contribution in [3.05, 3.63) is 20.7 Å². The lowest BCUT2D eigenvalue weighted by atomic mass is 10.5. The molecule has 0 unspecified atom stereocenters. The Hall–Kier alpha value is -0.410. The summed E-state index contributed by atoms with van der Waals surface area (Å²) < 4.78 is 0.535. The molecule has 0 aliphatic rings. The lowest BCUT2D eigenvalue weighted by Crippen LogP contribution is -1.90. The predicted octanol–water partition coefficient (Wildman–Crippen LogP) is 1.61. The lowest BCUT2D eigenvalue weighted by Gasteiger charge is -1.91. The highest BCUT2D eigenvalue weighted by atomic mass is 127. The molecule has 0 spiro atoms. The Kier molecular flexibility index (Phi) is 2.40. The second kappa shape index (κ2) is 3.12. The van der Waals surface area contributed by atoms with Gasteiger partial charge in [-0.15, -0.1) is 0 Å². The first-order chi connectivity index (χ1) is 4.74. The molecule has 1 heterocycles. The third-order valence-electron chi connectivity index (χ3n) is 0.806. The topological polar surface area (TPSA) is 49.6 Å². The van der Waals surface area contributed by atoms with Gasteiger partial charge in [-0.2, -0.15) is 5.26 Å². The van der Waals surface area contributed by atoms with Gasteiger partial charge in [0.15, 0.2) is 5.69 Å². The van der Waals surface area contributed by atoms with Crippen molar-refractivity contribution in [3.63, 3.8) is 0 Å². The largest absolute Gasteiger partial charge is 0.240 e. The number of aromatic nitrogens is 2. The Bertz CT molecular complexity index is 293. The van der Waals surface area contributed by atoms with Crippen LogP contribution in [0, 0.1) is 15.0 Å². The summed E-state index contributed by atoms with van der Waals surface area (Å²) in [7, 11) is 0. The molecule has 0 radical (unpaired) electrons. The summed E-state index contributed by atoms with van der Waals surface area (Å²) in [5.74, 6) is 0. The van der Waals surface area contributed by atoms with Gasteiger partial charge in [0.25, 0.3) is 0 Å². The van der Waals surface area contributed by atoms with Crippen LogP contribution in [0.5, 0.6) is 0 Å². The van der Waals surface area contributed by atoms with Crippen LogP contribution in [0.3, 0.4) is 0 Å². The molecule has 0 aliphatic heterocycles. The molecule has 1 aromatic rings. The molecule has 5 heteroatoms. The average Bonchev–Trinajstić information content (AvgIpc) is 1.88. The van der Waals surface area contributed by atoms with Crippen molar-refractivity contribution in [2.45, 2.75) is 0 Å². The van der Waals surface area contributed by atoms with E-state index in [2.05, 4.69) is 9.97 Å². The Morgan fingerprint density at radius 3 is 2.90 bits per heavy atom. The monoisotopic (exact) mass is 265 g/mol. The minimum atomic E-state index is 0.309. The standard InChI is InChI=1S/C5HClIN3/c6-4-2-9-3(1-8)5(7)10-4/h2H. The summed E-state index contributed by atoms with van der Waals surface area (Å²) in [5, 5.41) is 8.72. The summed E-state index contributed by atoms with van der Waals surface area (Å²) in [5.41, 5.74) is 0.310. The molecule has 0 atom stereocenters. The SMILES string of the molecule is N#Cc1ncc(Cl)nc1I. The quantitative estimate of drug-likeness (QED) is 0.670. The van der Waals surface area contributed by atoms with Crippen LogP contribution in [0.15, 0.2) is 6.20 Å². The highest BCUT2D eigenvalue weighted by Crippen LogP contribution is 2.08. The summed E-state index contributed by atoms with van der Waals surface area (Å²) in [6.07, 6.45) is 1.35. The summed E-state index contributed by atoms with van der Waals surface area (Å²) in [6.45, 7) is 0. The fourth-order valence-electron chi connectivity index (χ4n) is 0.422. The maximum absolute atomic E-state index is 8.41. The molecule has 1 rings (SSSR count). The van der Waals surface area contributed by atoms with Gasteiger partial charge < -0.3 is 0 Å². The van der Waals surface area contributed by atoms with E-state index in [4.69, 9.17) is 16.9 Å². The molecule has 0 aromatic carbocycles. The zero-order chi connectivity index (χ0) is 7.56. The van der Waals surface area contributed by atoms with E-state index >= 15 is 0 Å². The lowest BCUT2D eigenvalue weighted by molar-refractivity contribution is 1.12. The van der Waals surface area contributed by atoms with Gasteiger partial charge in [0, 0.05) is 0 Å². The van der Waals surface area contributed by atoms with E-state index in [1.165, 1.54) is 6.20 Å². The number of rotatable bonds is 0. The van der Waals surface area contributed by atoms with Crippen molar-refractivity contribution in [1.82, 2.24) is 9.97 Å². The Morgan fingerprint density at radius 1 is 1.70 bits per heavy atom. The minimum Gasteiger partial charge on any atom is -0.240 e. The Balaban J connectivity index is 3.23. The van der Waals surface area contributed by atoms with Gasteiger partial charge in [-0.25, -0.2) is 9.97 Å². The van der Waals surface area contributed by atoms with Crippen LogP contribution < -0.4 is 0 Å². The minimum absolute atomic E-state index is 0.309. The molecule has 0 aliphatic carbocycles. The second-order valence-corrected chi connectivity index (χ2v) is 2.85. The fraction of sp³-hybridized carbons (Fsp3) is 0. The smallest absolute Gasteiger partial charge is 0.172 e. The molecular weight excluding hydrogens is 264 g/mol. The molecule has 50 valence electrons. The number of nitriles is 1. The van der Waals surface area contributed by atoms with Crippen molar-refractivity contribution in [2.75, 3.05) is 0 Å². The predicted molar refractivity (Wildman–Crippen MR) is 44.5 cm³/mol. The van der Waals surface area contributed by atoms with Crippen LogP contribution in [-0.4, -0.2) is 9.97 Å². The van der Waals surface area contributed by atoms with Gasteiger partial charge >= 0.3 is 0 Å². The van der Waals surface area contributed by atoms with E-state index in [0.29, 0.717) is 14.5 Å². The highest BCUT2D eigenvalue weighted by Gasteiger charge is 2.00. The molecule has 0 saturated carbocycles. The van der Waals surface area contributed by atoms with Gasteiger partial charge in [0.1, 0.15) is 14.9 Å². The van der Waals surface area contributed by atoms with Crippen LogP contribution in [0.2, 0.25) is 5.15 Å². The third kappa shape index (κ3) is 1.55. The van der Waals surface area contributed by atoms with Crippen molar-refractivity contribution >= 4 is 34.2 Å². The first-order valence-corrected chi connectivity index (χ1v) is 3.78. The van der Waals surface area contributed by atoms with Gasteiger partial charge in [0.05, 0.1) is 6.20 Å². The van der Waals surface area contributed by atoms with Crippen LogP contribution >= 0.6 is 34.2 Å². The normalized spacial score (nSPS) is 8.90. The first kappa shape index (κ1) is 7.69. The van der Waals surface area contributed by atoms with Gasteiger partial charge in [-0.3, -0.25) is 0 Å². The Morgan fingerprint density at radius 2 is 2.40 bits per heavy atom. The Labute approximate surface area is 76.2 Å². The molecule has 1 aromatic heterocycles. The third-order valence-corrected chi connectivity index (χ3v) is 1.74. The van der Waals surface area contributed by atoms with Crippen molar-refractivity contribution in [1.29, 1.82) is 5.26 Å². The molecular formula is C5HClIN3. The van der Waals surface area contributed by atoms with Gasteiger partial charge in [0.2, 0.25) is 0 Å². The highest BCUT2D eigenvalue weighted by molar-refractivity contribution is 14.1.